The van der Waals surface area contributed by atoms with Crippen molar-refractivity contribution in [1.29, 1.82) is 0 Å². The van der Waals surface area contributed by atoms with Crippen molar-refractivity contribution in [1.82, 2.24) is 4.57 Å². The van der Waals surface area contributed by atoms with Gasteiger partial charge in [0.05, 0.1) is 5.52 Å². The fraction of sp³-hybridized carbons (Fsp3) is 0.357. The quantitative estimate of drug-likeness (QED) is 0.757. The number of benzene rings is 1. The summed E-state index contributed by atoms with van der Waals surface area (Å²) in [5, 5.41) is 0.818. The third-order valence-corrected chi connectivity index (χ3v) is 3.76. The number of rotatable bonds is 5. The molecule has 0 radical (unpaired) electrons. The highest BCUT2D eigenvalue weighted by Crippen LogP contribution is 2.11. The van der Waals surface area contributed by atoms with E-state index >= 15 is 0 Å². The largest absolute Gasteiger partial charge is 0.347 e. The van der Waals surface area contributed by atoms with E-state index in [2.05, 4.69) is 11.5 Å². The number of fused-ring (bicyclic) bond motifs is 1. The Bertz CT molecular complexity index is 547. The zero-order chi connectivity index (χ0) is 12.1. The van der Waals surface area contributed by atoms with Crippen LogP contribution in [-0.4, -0.2) is 16.1 Å². The van der Waals surface area contributed by atoms with Crippen LogP contribution in [-0.2, 0) is 6.54 Å². The molecule has 0 saturated heterocycles. The normalized spacial score (nSPS) is 10.9. The smallest absolute Gasteiger partial charge is 0.189 e. The van der Waals surface area contributed by atoms with Gasteiger partial charge in [-0.1, -0.05) is 19.1 Å². The maximum absolute atomic E-state index is 11.7. The van der Waals surface area contributed by atoms with Crippen molar-refractivity contribution in [3.8, 4) is 0 Å². The second-order valence-electron chi connectivity index (χ2n) is 3.94. The van der Waals surface area contributed by atoms with E-state index in [9.17, 15) is 4.79 Å². The molecule has 2 aromatic rings. The van der Waals surface area contributed by atoms with Crippen molar-refractivity contribution < 1.29 is 0 Å². The summed E-state index contributed by atoms with van der Waals surface area (Å²) in [7, 11) is 0. The van der Waals surface area contributed by atoms with E-state index in [-0.39, 0.29) is 5.43 Å². The summed E-state index contributed by atoms with van der Waals surface area (Å²) in [6.45, 7) is 3.16. The molecule has 0 saturated carbocycles. The summed E-state index contributed by atoms with van der Waals surface area (Å²) in [6, 6.07) is 9.48. The number of nitrogens with zero attached hydrogens (tertiary/aromatic N) is 1. The van der Waals surface area contributed by atoms with Gasteiger partial charge in [-0.05, 0) is 30.1 Å². The van der Waals surface area contributed by atoms with Gasteiger partial charge in [-0.15, -0.1) is 0 Å². The molecule has 0 aliphatic rings. The standard InChI is InChI=1S/C14H17NOS/c1-2-17-11-5-9-15-10-8-14(16)12-6-3-4-7-13(12)15/h3-4,6-8,10H,2,5,9,11H2,1H3. The Balaban J connectivity index is 2.23. The second kappa shape index (κ2) is 5.92. The van der Waals surface area contributed by atoms with Crippen LogP contribution in [0.25, 0.3) is 10.9 Å². The Morgan fingerprint density at radius 3 is 2.88 bits per heavy atom. The highest BCUT2D eigenvalue weighted by atomic mass is 32.2. The van der Waals surface area contributed by atoms with Crippen LogP contribution in [0.5, 0.6) is 0 Å². The number of aryl methyl sites for hydroxylation is 1. The summed E-state index contributed by atoms with van der Waals surface area (Å²) in [5.41, 5.74) is 1.15. The minimum atomic E-state index is 0.111. The molecule has 0 atom stereocenters. The summed E-state index contributed by atoms with van der Waals surface area (Å²) >= 11 is 1.96. The molecule has 0 aliphatic heterocycles. The maximum atomic E-state index is 11.7. The fourth-order valence-corrected chi connectivity index (χ4v) is 2.56. The van der Waals surface area contributed by atoms with Crippen molar-refractivity contribution in [2.75, 3.05) is 11.5 Å². The molecule has 0 fully saturated rings. The number of aromatic nitrogens is 1. The predicted molar refractivity (Wildman–Crippen MR) is 75.8 cm³/mol. The Labute approximate surface area is 106 Å². The highest BCUT2D eigenvalue weighted by Gasteiger charge is 2.01. The molecule has 3 heteroatoms. The van der Waals surface area contributed by atoms with Crippen LogP contribution >= 0.6 is 11.8 Å². The SMILES string of the molecule is CCSCCCn1ccc(=O)c2ccccc21. The molecular formula is C14H17NOS. The van der Waals surface area contributed by atoms with E-state index in [0.29, 0.717) is 0 Å². The van der Waals surface area contributed by atoms with Crippen LogP contribution in [0.2, 0.25) is 0 Å². The van der Waals surface area contributed by atoms with Crippen LogP contribution in [0, 0.1) is 0 Å². The van der Waals surface area contributed by atoms with Crippen LogP contribution in [0.15, 0.2) is 41.3 Å². The van der Waals surface area contributed by atoms with E-state index in [4.69, 9.17) is 0 Å². The van der Waals surface area contributed by atoms with E-state index in [0.717, 1.165) is 23.9 Å². The molecule has 0 N–H and O–H groups in total. The maximum Gasteiger partial charge on any atom is 0.189 e. The molecule has 0 bridgehead atoms. The monoisotopic (exact) mass is 247 g/mol. The number of para-hydroxylation sites is 1. The number of thioether (sulfide) groups is 1. The molecular weight excluding hydrogens is 230 g/mol. The first-order chi connectivity index (χ1) is 8.33. The van der Waals surface area contributed by atoms with E-state index in [1.165, 1.54) is 11.5 Å². The molecule has 17 heavy (non-hydrogen) atoms. The highest BCUT2D eigenvalue weighted by molar-refractivity contribution is 7.99. The average Bonchev–Trinajstić information content (AvgIpc) is 2.37. The molecule has 1 heterocycles. The van der Waals surface area contributed by atoms with E-state index in [1.807, 2.05) is 42.2 Å². The summed E-state index contributed by atoms with van der Waals surface area (Å²) in [6.07, 6.45) is 3.05. The van der Waals surface area contributed by atoms with Gasteiger partial charge in [0, 0.05) is 24.2 Å². The van der Waals surface area contributed by atoms with Crippen molar-refractivity contribution in [2.45, 2.75) is 19.9 Å². The van der Waals surface area contributed by atoms with Crippen LogP contribution < -0.4 is 5.43 Å². The van der Waals surface area contributed by atoms with Crippen LogP contribution in [0.1, 0.15) is 13.3 Å². The topological polar surface area (TPSA) is 22.0 Å². The minimum absolute atomic E-state index is 0.111. The van der Waals surface area contributed by atoms with Gasteiger partial charge in [0.2, 0.25) is 0 Å². The van der Waals surface area contributed by atoms with Crippen molar-refractivity contribution >= 4 is 22.7 Å². The Morgan fingerprint density at radius 1 is 1.24 bits per heavy atom. The second-order valence-corrected chi connectivity index (χ2v) is 5.33. The number of pyridine rings is 1. The summed E-state index contributed by atoms with van der Waals surface area (Å²) in [5.74, 6) is 2.35. The lowest BCUT2D eigenvalue weighted by Crippen LogP contribution is -2.08. The molecule has 0 amide bonds. The molecule has 1 aromatic carbocycles. The van der Waals surface area contributed by atoms with Gasteiger partial charge in [-0.25, -0.2) is 0 Å². The fourth-order valence-electron chi connectivity index (χ4n) is 1.94. The van der Waals surface area contributed by atoms with Gasteiger partial charge >= 0.3 is 0 Å². The zero-order valence-corrected chi connectivity index (χ0v) is 10.9. The lowest BCUT2D eigenvalue weighted by Gasteiger charge is -2.09. The number of hydrogen-bond acceptors (Lipinski definition) is 2. The molecule has 0 aliphatic carbocycles. The van der Waals surface area contributed by atoms with Gasteiger partial charge in [-0.2, -0.15) is 11.8 Å². The van der Waals surface area contributed by atoms with Gasteiger partial charge < -0.3 is 4.57 Å². The Hall–Kier alpha value is -1.22. The van der Waals surface area contributed by atoms with E-state index < -0.39 is 0 Å². The van der Waals surface area contributed by atoms with Crippen molar-refractivity contribution in [3.05, 3.63) is 46.8 Å². The van der Waals surface area contributed by atoms with Crippen molar-refractivity contribution in [3.63, 3.8) is 0 Å². The van der Waals surface area contributed by atoms with Gasteiger partial charge in [0.1, 0.15) is 0 Å². The van der Waals surface area contributed by atoms with Gasteiger partial charge in [-0.3, -0.25) is 4.79 Å². The minimum Gasteiger partial charge on any atom is -0.347 e. The molecule has 2 rings (SSSR count). The third kappa shape index (κ3) is 2.91. The summed E-state index contributed by atoms with van der Waals surface area (Å²) < 4.78 is 2.17. The Kier molecular flexibility index (Phi) is 4.26. The van der Waals surface area contributed by atoms with Gasteiger partial charge in [0.15, 0.2) is 5.43 Å². The van der Waals surface area contributed by atoms with Crippen LogP contribution in [0.4, 0.5) is 0 Å². The first-order valence-electron chi connectivity index (χ1n) is 5.99. The molecule has 1 aromatic heterocycles. The zero-order valence-electron chi connectivity index (χ0n) is 10.1. The predicted octanol–water partition coefficient (Wildman–Crippen LogP) is 3.14. The average molecular weight is 247 g/mol. The van der Waals surface area contributed by atoms with Gasteiger partial charge in [0.25, 0.3) is 0 Å². The van der Waals surface area contributed by atoms with Crippen molar-refractivity contribution in [2.24, 2.45) is 0 Å². The lowest BCUT2D eigenvalue weighted by molar-refractivity contribution is 0.703. The summed E-state index contributed by atoms with van der Waals surface area (Å²) in [4.78, 5) is 11.7. The number of hydrogen-bond donors (Lipinski definition) is 0. The molecule has 0 unspecified atom stereocenters. The van der Waals surface area contributed by atoms with Crippen LogP contribution in [0.3, 0.4) is 0 Å². The molecule has 0 spiro atoms. The lowest BCUT2D eigenvalue weighted by atomic mass is 10.2. The van der Waals surface area contributed by atoms with E-state index in [1.54, 1.807) is 6.07 Å². The molecule has 90 valence electrons. The first-order valence-corrected chi connectivity index (χ1v) is 7.14. The Morgan fingerprint density at radius 2 is 2.06 bits per heavy atom. The molecule has 2 nitrogen and oxygen atoms in total. The first kappa shape index (κ1) is 12.2. The third-order valence-electron chi connectivity index (χ3n) is 2.78.